The molecule has 1 rings (SSSR count). The van der Waals surface area contributed by atoms with Crippen molar-refractivity contribution < 1.29 is 4.74 Å². The van der Waals surface area contributed by atoms with E-state index in [1.807, 2.05) is 0 Å². The molecule has 0 aliphatic carbocycles. The fourth-order valence-electron chi connectivity index (χ4n) is 1.95. The van der Waals surface area contributed by atoms with E-state index in [9.17, 15) is 0 Å². The summed E-state index contributed by atoms with van der Waals surface area (Å²) in [6, 6.07) is 8.60. The summed E-state index contributed by atoms with van der Waals surface area (Å²) in [6.07, 6.45) is 1.12. The molecule has 0 fully saturated rings. The van der Waals surface area contributed by atoms with Crippen LogP contribution in [0.2, 0.25) is 0 Å². The van der Waals surface area contributed by atoms with Crippen LogP contribution < -0.4 is 10.2 Å². The van der Waals surface area contributed by atoms with E-state index in [1.165, 1.54) is 11.3 Å². The number of rotatable bonds is 8. The summed E-state index contributed by atoms with van der Waals surface area (Å²) in [7, 11) is 3.91. The molecule has 0 amide bonds. The Bertz CT molecular complexity index is 377. The molecule has 1 N–H and O–H groups in total. The van der Waals surface area contributed by atoms with Crippen molar-refractivity contribution in [1.82, 2.24) is 5.32 Å². The molecule has 0 atom stereocenters. The molecule has 0 aliphatic heterocycles. The van der Waals surface area contributed by atoms with Gasteiger partial charge in [0.2, 0.25) is 0 Å². The van der Waals surface area contributed by atoms with Gasteiger partial charge in [-0.2, -0.15) is 0 Å². The minimum absolute atomic E-state index is 0.169. The van der Waals surface area contributed by atoms with Crippen molar-refractivity contribution in [3.63, 3.8) is 0 Å². The number of methoxy groups -OCH3 is 1. The van der Waals surface area contributed by atoms with E-state index in [0.29, 0.717) is 0 Å². The van der Waals surface area contributed by atoms with E-state index in [-0.39, 0.29) is 5.54 Å². The molecule has 0 aliphatic rings. The molecule has 19 heavy (non-hydrogen) atoms. The number of nitrogens with zero attached hydrogens (tertiary/aromatic N) is 1. The van der Waals surface area contributed by atoms with Crippen LogP contribution in [-0.2, 0) is 11.3 Å². The van der Waals surface area contributed by atoms with E-state index in [2.05, 4.69) is 62.3 Å². The number of ether oxygens (including phenoxy) is 1. The number of anilines is 1. The molecular formula is C16H28N2O. The fraction of sp³-hybridized carbons (Fsp3) is 0.625. The first-order valence-corrected chi connectivity index (χ1v) is 7.04. The number of para-hydroxylation sites is 1. The maximum absolute atomic E-state index is 5.06. The van der Waals surface area contributed by atoms with Gasteiger partial charge in [0.15, 0.2) is 0 Å². The van der Waals surface area contributed by atoms with Gasteiger partial charge in [-0.25, -0.2) is 0 Å². The molecule has 0 aromatic heterocycles. The van der Waals surface area contributed by atoms with E-state index in [0.717, 1.165) is 26.1 Å². The molecule has 3 heteroatoms. The quantitative estimate of drug-likeness (QED) is 0.730. The van der Waals surface area contributed by atoms with Gasteiger partial charge in [-0.15, -0.1) is 0 Å². The summed E-state index contributed by atoms with van der Waals surface area (Å²) in [4.78, 5) is 2.38. The fourth-order valence-corrected chi connectivity index (χ4v) is 1.95. The average molecular weight is 264 g/mol. The van der Waals surface area contributed by atoms with Crippen molar-refractivity contribution in [1.29, 1.82) is 0 Å². The Labute approximate surface area is 118 Å². The summed E-state index contributed by atoms with van der Waals surface area (Å²) >= 11 is 0. The van der Waals surface area contributed by atoms with Crippen molar-refractivity contribution in [2.75, 3.05) is 32.2 Å². The van der Waals surface area contributed by atoms with Crippen LogP contribution in [0.3, 0.4) is 0 Å². The predicted octanol–water partition coefficient (Wildman–Crippen LogP) is 3.05. The van der Waals surface area contributed by atoms with Crippen LogP contribution in [0.1, 0.15) is 32.8 Å². The van der Waals surface area contributed by atoms with Crippen LogP contribution >= 0.6 is 0 Å². The topological polar surface area (TPSA) is 24.5 Å². The molecule has 0 saturated carbocycles. The first-order chi connectivity index (χ1) is 9.03. The Balaban J connectivity index is 2.78. The highest BCUT2D eigenvalue weighted by Gasteiger charge is 2.22. The van der Waals surface area contributed by atoms with Crippen LogP contribution in [0, 0.1) is 0 Å². The van der Waals surface area contributed by atoms with Crippen molar-refractivity contribution in [2.45, 2.75) is 39.3 Å². The monoisotopic (exact) mass is 264 g/mol. The van der Waals surface area contributed by atoms with Gasteiger partial charge in [-0.1, -0.05) is 25.1 Å². The molecule has 0 bridgehead atoms. The summed E-state index contributed by atoms with van der Waals surface area (Å²) in [5, 5.41) is 3.42. The van der Waals surface area contributed by atoms with Crippen molar-refractivity contribution in [2.24, 2.45) is 0 Å². The van der Waals surface area contributed by atoms with Crippen LogP contribution in [-0.4, -0.2) is 32.8 Å². The molecule has 108 valence electrons. The highest BCUT2D eigenvalue weighted by atomic mass is 16.5. The molecule has 0 radical (unpaired) electrons. The van der Waals surface area contributed by atoms with E-state index < -0.39 is 0 Å². The first kappa shape index (κ1) is 16.0. The standard InChI is InChI=1S/C16H28N2O/c1-6-16(2,3)18(4)15-10-8-7-9-14(15)13-17-11-12-19-5/h7-10,17H,6,11-13H2,1-5H3. The molecule has 1 aromatic carbocycles. The molecular weight excluding hydrogens is 236 g/mol. The SMILES string of the molecule is CCC(C)(C)N(C)c1ccccc1CNCCOC. The third-order valence-corrected chi connectivity index (χ3v) is 3.92. The summed E-state index contributed by atoms with van der Waals surface area (Å²) in [5.41, 5.74) is 2.81. The van der Waals surface area contributed by atoms with Crippen molar-refractivity contribution >= 4 is 5.69 Å². The van der Waals surface area contributed by atoms with E-state index in [4.69, 9.17) is 4.74 Å². The minimum atomic E-state index is 0.169. The Kier molecular flexibility index (Phi) is 6.32. The zero-order chi connectivity index (χ0) is 14.3. The van der Waals surface area contributed by atoms with Crippen molar-refractivity contribution in [3.8, 4) is 0 Å². The third-order valence-electron chi connectivity index (χ3n) is 3.92. The van der Waals surface area contributed by atoms with E-state index in [1.54, 1.807) is 7.11 Å². The second kappa shape index (κ2) is 7.51. The second-order valence-corrected chi connectivity index (χ2v) is 5.52. The van der Waals surface area contributed by atoms with Crippen LogP contribution in [0.15, 0.2) is 24.3 Å². The maximum Gasteiger partial charge on any atom is 0.0587 e. The highest BCUT2D eigenvalue weighted by Crippen LogP contribution is 2.27. The smallest absolute Gasteiger partial charge is 0.0587 e. The van der Waals surface area contributed by atoms with Crippen molar-refractivity contribution in [3.05, 3.63) is 29.8 Å². The second-order valence-electron chi connectivity index (χ2n) is 5.52. The average Bonchev–Trinajstić information content (AvgIpc) is 2.43. The van der Waals surface area contributed by atoms with Crippen LogP contribution in [0.5, 0.6) is 0 Å². The third kappa shape index (κ3) is 4.51. The first-order valence-electron chi connectivity index (χ1n) is 7.04. The predicted molar refractivity (Wildman–Crippen MR) is 82.8 cm³/mol. The number of hydrogen-bond donors (Lipinski definition) is 1. The van der Waals surface area contributed by atoms with Gasteiger partial charge in [-0.05, 0) is 31.9 Å². The summed E-state index contributed by atoms with van der Waals surface area (Å²) < 4.78 is 5.06. The number of benzene rings is 1. The summed E-state index contributed by atoms with van der Waals surface area (Å²) in [6.45, 7) is 9.30. The van der Waals surface area contributed by atoms with Gasteiger partial charge in [0.1, 0.15) is 0 Å². The zero-order valence-corrected chi connectivity index (χ0v) is 13.0. The normalized spacial score (nSPS) is 11.6. The van der Waals surface area contributed by atoms with Crippen LogP contribution in [0.25, 0.3) is 0 Å². The molecule has 0 saturated heterocycles. The molecule has 0 unspecified atom stereocenters. The molecule has 0 spiro atoms. The van der Waals surface area contributed by atoms with Gasteiger partial charge in [0.05, 0.1) is 6.61 Å². The Morgan fingerprint density at radius 1 is 1.26 bits per heavy atom. The summed E-state index contributed by atoms with van der Waals surface area (Å²) in [5.74, 6) is 0. The van der Waals surface area contributed by atoms with Crippen LogP contribution in [0.4, 0.5) is 5.69 Å². The molecule has 3 nitrogen and oxygen atoms in total. The Morgan fingerprint density at radius 3 is 2.58 bits per heavy atom. The minimum Gasteiger partial charge on any atom is -0.383 e. The van der Waals surface area contributed by atoms with Gasteiger partial charge in [0, 0.05) is 38.5 Å². The van der Waals surface area contributed by atoms with Gasteiger partial charge in [0.25, 0.3) is 0 Å². The molecule has 0 heterocycles. The van der Waals surface area contributed by atoms with E-state index >= 15 is 0 Å². The molecule has 1 aromatic rings. The lowest BCUT2D eigenvalue weighted by Gasteiger charge is -2.38. The lowest BCUT2D eigenvalue weighted by Crippen LogP contribution is -2.41. The zero-order valence-electron chi connectivity index (χ0n) is 13.0. The Morgan fingerprint density at radius 2 is 1.95 bits per heavy atom. The largest absolute Gasteiger partial charge is 0.383 e. The van der Waals surface area contributed by atoms with Gasteiger partial charge in [-0.3, -0.25) is 0 Å². The van der Waals surface area contributed by atoms with Gasteiger partial charge >= 0.3 is 0 Å². The van der Waals surface area contributed by atoms with Gasteiger partial charge < -0.3 is 15.0 Å². The number of nitrogens with one attached hydrogen (secondary N) is 1. The Hall–Kier alpha value is -1.06. The lowest BCUT2D eigenvalue weighted by molar-refractivity contribution is 0.199. The maximum atomic E-state index is 5.06. The number of hydrogen-bond acceptors (Lipinski definition) is 3. The lowest BCUT2D eigenvalue weighted by atomic mass is 9.98. The highest BCUT2D eigenvalue weighted by molar-refractivity contribution is 5.54.